The van der Waals surface area contributed by atoms with Crippen molar-refractivity contribution in [3.05, 3.63) is 18.1 Å². The van der Waals surface area contributed by atoms with Crippen LogP contribution >= 0.6 is 0 Å². The van der Waals surface area contributed by atoms with E-state index in [0.29, 0.717) is 23.3 Å². The first kappa shape index (κ1) is 13.9. The number of aryl methyl sites for hydroxylation is 1. The molecule has 2 atom stereocenters. The van der Waals surface area contributed by atoms with Crippen LogP contribution in [-0.4, -0.2) is 38.3 Å². The van der Waals surface area contributed by atoms with E-state index in [1.807, 2.05) is 0 Å². The average molecular weight is 301 g/mol. The van der Waals surface area contributed by atoms with Gasteiger partial charge in [0, 0.05) is 29.8 Å². The molecule has 0 radical (unpaired) electrons. The van der Waals surface area contributed by atoms with Gasteiger partial charge in [0.2, 0.25) is 0 Å². The molecule has 2 heterocycles. The van der Waals surface area contributed by atoms with E-state index in [-0.39, 0.29) is 0 Å². The lowest BCUT2D eigenvalue weighted by Gasteiger charge is -2.61. The van der Waals surface area contributed by atoms with Crippen LogP contribution in [0.5, 0.6) is 0 Å². The molecule has 2 aromatic heterocycles. The van der Waals surface area contributed by atoms with E-state index in [0.717, 1.165) is 31.0 Å². The molecule has 2 aromatic rings. The minimum Gasteiger partial charge on any atom is -0.378 e. The average Bonchev–Trinajstić information content (AvgIpc) is 2.92. The summed E-state index contributed by atoms with van der Waals surface area (Å²) in [5.41, 5.74) is 1.38. The van der Waals surface area contributed by atoms with Crippen LogP contribution < -0.4 is 5.32 Å². The maximum Gasteiger partial charge on any atom is 0.254 e. The SMILES string of the molecule is CCOC1CC(Nc2cc(CC)nc3ncnn23)C12CCC2. The van der Waals surface area contributed by atoms with Crippen molar-refractivity contribution >= 4 is 11.6 Å². The predicted molar refractivity (Wildman–Crippen MR) is 83.9 cm³/mol. The Morgan fingerprint density at radius 3 is 2.95 bits per heavy atom. The molecule has 0 bridgehead atoms. The van der Waals surface area contributed by atoms with Crippen LogP contribution in [-0.2, 0) is 11.2 Å². The number of hydrogen-bond acceptors (Lipinski definition) is 5. The van der Waals surface area contributed by atoms with Crippen molar-refractivity contribution in [1.29, 1.82) is 0 Å². The topological polar surface area (TPSA) is 64.3 Å². The van der Waals surface area contributed by atoms with Crippen molar-refractivity contribution < 1.29 is 4.74 Å². The molecule has 2 aliphatic rings. The van der Waals surface area contributed by atoms with E-state index in [9.17, 15) is 0 Å². The van der Waals surface area contributed by atoms with E-state index < -0.39 is 0 Å². The fourth-order valence-corrected chi connectivity index (χ4v) is 3.96. The molecule has 2 unspecified atom stereocenters. The number of rotatable bonds is 5. The Bertz CT molecular complexity index is 678. The van der Waals surface area contributed by atoms with Gasteiger partial charge in [-0.15, -0.1) is 0 Å². The van der Waals surface area contributed by atoms with Gasteiger partial charge in [0.25, 0.3) is 5.78 Å². The summed E-state index contributed by atoms with van der Waals surface area (Å²) in [4.78, 5) is 8.74. The van der Waals surface area contributed by atoms with Crippen molar-refractivity contribution in [2.24, 2.45) is 5.41 Å². The van der Waals surface area contributed by atoms with Gasteiger partial charge < -0.3 is 10.1 Å². The molecule has 2 saturated carbocycles. The number of hydrogen-bond donors (Lipinski definition) is 1. The van der Waals surface area contributed by atoms with E-state index in [2.05, 4.69) is 40.3 Å². The van der Waals surface area contributed by atoms with Crippen LogP contribution in [0, 0.1) is 5.41 Å². The van der Waals surface area contributed by atoms with Crippen LogP contribution in [0.3, 0.4) is 0 Å². The smallest absolute Gasteiger partial charge is 0.254 e. The van der Waals surface area contributed by atoms with Gasteiger partial charge in [0.05, 0.1) is 6.10 Å². The van der Waals surface area contributed by atoms with Crippen LogP contribution in [0.2, 0.25) is 0 Å². The van der Waals surface area contributed by atoms with Crippen LogP contribution in [0.15, 0.2) is 12.4 Å². The molecular formula is C16H23N5O. The molecular weight excluding hydrogens is 278 g/mol. The lowest BCUT2D eigenvalue weighted by molar-refractivity contribution is -0.157. The van der Waals surface area contributed by atoms with Crippen molar-refractivity contribution in [1.82, 2.24) is 19.6 Å². The number of nitrogens with one attached hydrogen (secondary N) is 1. The fraction of sp³-hybridized carbons (Fsp3) is 0.688. The lowest BCUT2D eigenvalue weighted by atomic mass is 9.51. The molecule has 2 fully saturated rings. The Hall–Kier alpha value is -1.69. The van der Waals surface area contributed by atoms with E-state index in [4.69, 9.17) is 4.74 Å². The maximum absolute atomic E-state index is 5.93. The summed E-state index contributed by atoms with van der Waals surface area (Å²) in [5.74, 6) is 1.68. The standard InChI is InChI=1S/C16H23N5O/c1-3-11-8-14(21-15(19-11)17-10-18-21)20-12-9-13(22-4-2)16(12)6-5-7-16/h8,10,12-13,20H,3-7,9H2,1-2H3. The summed E-state index contributed by atoms with van der Waals surface area (Å²) in [5, 5.41) is 8.01. The Balaban J connectivity index is 1.60. The molecule has 1 spiro atoms. The van der Waals surface area contributed by atoms with Gasteiger partial charge in [-0.2, -0.15) is 14.6 Å². The molecule has 1 N–H and O–H groups in total. The highest BCUT2D eigenvalue weighted by molar-refractivity contribution is 5.47. The van der Waals surface area contributed by atoms with Gasteiger partial charge in [-0.25, -0.2) is 4.98 Å². The van der Waals surface area contributed by atoms with Crippen LogP contribution in [0.1, 0.15) is 45.2 Å². The highest BCUT2D eigenvalue weighted by Crippen LogP contribution is 2.58. The first-order valence-corrected chi connectivity index (χ1v) is 8.34. The Morgan fingerprint density at radius 1 is 1.41 bits per heavy atom. The van der Waals surface area contributed by atoms with E-state index in [1.165, 1.54) is 19.3 Å². The van der Waals surface area contributed by atoms with Crippen LogP contribution in [0.25, 0.3) is 5.78 Å². The van der Waals surface area contributed by atoms with Gasteiger partial charge in [-0.05, 0) is 32.6 Å². The molecule has 4 rings (SSSR count). The van der Waals surface area contributed by atoms with E-state index >= 15 is 0 Å². The van der Waals surface area contributed by atoms with Gasteiger partial charge in [0.1, 0.15) is 12.1 Å². The van der Waals surface area contributed by atoms with Gasteiger partial charge in [-0.3, -0.25) is 0 Å². The summed E-state index contributed by atoms with van der Waals surface area (Å²) >= 11 is 0. The van der Waals surface area contributed by atoms with Gasteiger partial charge >= 0.3 is 0 Å². The third-order valence-electron chi connectivity index (χ3n) is 5.43. The highest BCUT2D eigenvalue weighted by atomic mass is 16.5. The Labute approximate surface area is 130 Å². The zero-order valence-corrected chi connectivity index (χ0v) is 13.2. The molecule has 0 aliphatic heterocycles. The zero-order chi connectivity index (χ0) is 15.2. The fourth-order valence-electron chi connectivity index (χ4n) is 3.96. The van der Waals surface area contributed by atoms with Crippen LogP contribution in [0.4, 0.5) is 5.82 Å². The quantitative estimate of drug-likeness (QED) is 0.919. The third kappa shape index (κ3) is 1.93. The molecule has 118 valence electrons. The number of nitrogens with zero attached hydrogens (tertiary/aromatic N) is 4. The molecule has 6 heteroatoms. The number of fused-ring (bicyclic) bond motifs is 1. The van der Waals surface area contributed by atoms with Crippen molar-refractivity contribution in [3.8, 4) is 0 Å². The third-order valence-corrected chi connectivity index (χ3v) is 5.43. The van der Waals surface area contributed by atoms with Gasteiger partial charge in [0.15, 0.2) is 0 Å². The lowest BCUT2D eigenvalue weighted by Crippen LogP contribution is -2.64. The number of ether oxygens (including phenoxy) is 1. The monoisotopic (exact) mass is 301 g/mol. The number of anilines is 1. The molecule has 2 aliphatic carbocycles. The minimum absolute atomic E-state index is 0.332. The van der Waals surface area contributed by atoms with Crippen molar-refractivity contribution in [3.63, 3.8) is 0 Å². The normalized spacial score (nSPS) is 25.9. The van der Waals surface area contributed by atoms with E-state index in [1.54, 1.807) is 10.8 Å². The van der Waals surface area contributed by atoms with Crippen molar-refractivity contribution in [2.75, 3.05) is 11.9 Å². The van der Waals surface area contributed by atoms with Crippen molar-refractivity contribution in [2.45, 2.75) is 58.1 Å². The largest absolute Gasteiger partial charge is 0.378 e. The Morgan fingerprint density at radius 2 is 2.27 bits per heavy atom. The molecule has 22 heavy (non-hydrogen) atoms. The summed E-state index contributed by atoms with van der Waals surface area (Å²) in [6.45, 7) is 5.00. The second-order valence-corrected chi connectivity index (χ2v) is 6.42. The first-order chi connectivity index (χ1) is 10.8. The second-order valence-electron chi connectivity index (χ2n) is 6.42. The maximum atomic E-state index is 5.93. The zero-order valence-electron chi connectivity index (χ0n) is 13.2. The second kappa shape index (κ2) is 5.19. The summed E-state index contributed by atoms with van der Waals surface area (Å²) in [6, 6.07) is 2.57. The minimum atomic E-state index is 0.332. The highest BCUT2D eigenvalue weighted by Gasteiger charge is 2.59. The molecule has 0 saturated heterocycles. The summed E-state index contributed by atoms with van der Waals surface area (Å²) < 4.78 is 7.74. The molecule has 6 nitrogen and oxygen atoms in total. The Kier molecular flexibility index (Phi) is 3.29. The molecule has 0 aromatic carbocycles. The molecule has 0 amide bonds. The predicted octanol–water partition coefficient (Wildman–Crippen LogP) is 2.45. The van der Waals surface area contributed by atoms with Gasteiger partial charge in [-0.1, -0.05) is 13.3 Å². The first-order valence-electron chi connectivity index (χ1n) is 8.34. The number of aromatic nitrogens is 4. The summed E-state index contributed by atoms with van der Waals surface area (Å²) in [6.07, 6.45) is 7.81. The summed E-state index contributed by atoms with van der Waals surface area (Å²) in [7, 11) is 0.